The quantitative estimate of drug-likeness (QED) is 0.337. The van der Waals surface area contributed by atoms with Crippen molar-refractivity contribution in [1.29, 1.82) is 0 Å². The van der Waals surface area contributed by atoms with Gasteiger partial charge in [0.15, 0.2) is 0 Å². The third-order valence-corrected chi connectivity index (χ3v) is 7.94. The van der Waals surface area contributed by atoms with E-state index in [4.69, 9.17) is 0 Å². The molecule has 1 fully saturated rings. The molecule has 36 heavy (non-hydrogen) atoms. The van der Waals surface area contributed by atoms with Gasteiger partial charge in [0, 0.05) is 34.8 Å². The number of halogens is 6. The van der Waals surface area contributed by atoms with Crippen LogP contribution in [0.15, 0.2) is 42.6 Å². The summed E-state index contributed by atoms with van der Waals surface area (Å²) in [4.78, 5) is 0. The molecule has 4 nitrogen and oxygen atoms in total. The van der Waals surface area contributed by atoms with Crippen LogP contribution in [0.4, 0.5) is 26.3 Å². The zero-order valence-electron chi connectivity index (χ0n) is 19.8. The van der Waals surface area contributed by atoms with Crippen LogP contribution in [0.2, 0.25) is 0 Å². The van der Waals surface area contributed by atoms with Crippen LogP contribution in [0.25, 0.3) is 22.0 Å². The molecule has 0 radical (unpaired) electrons. The molecule has 0 aliphatic heterocycles. The van der Waals surface area contributed by atoms with E-state index in [1.807, 2.05) is 20.8 Å². The van der Waals surface area contributed by atoms with Gasteiger partial charge in [-0.1, -0.05) is 39.0 Å². The first kappa shape index (κ1) is 26.5. The maximum atomic E-state index is 15.3. The third-order valence-electron chi connectivity index (χ3n) is 6.01. The Morgan fingerprint density at radius 1 is 1.06 bits per heavy atom. The van der Waals surface area contributed by atoms with Crippen molar-refractivity contribution in [3.8, 4) is 11.1 Å². The molecule has 11 heteroatoms. The van der Waals surface area contributed by atoms with Crippen LogP contribution >= 0.6 is 0 Å². The fraction of sp³-hybridized carbons (Fsp3) is 0.440. The molecular weight excluding hydrogens is 506 g/mol. The third kappa shape index (κ3) is 5.41. The van der Waals surface area contributed by atoms with Gasteiger partial charge in [0.05, 0.1) is 10.8 Å². The molecule has 0 bridgehead atoms. The van der Waals surface area contributed by atoms with Gasteiger partial charge < -0.3 is 4.57 Å². The Labute approximate surface area is 205 Å². The number of hydrogen-bond donors (Lipinski definition) is 1. The van der Waals surface area contributed by atoms with Gasteiger partial charge in [0.25, 0.3) is 6.43 Å². The highest BCUT2D eigenvalue weighted by Gasteiger charge is 2.40. The van der Waals surface area contributed by atoms with Crippen LogP contribution in [0.1, 0.15) is 50.8 Å². The van der Waals surface area contributed by atoms with Crippen molar-refractivity contribution < 1.29 is 34.8 Å². The molecule has 1 saturated carbocycles. The maximum absolute atomic E-state index is 15.3. The summed E-state index contributed by atoms with van der Waals surface area (Å²) < 4.78 is 113. The second-order valence-corrected chi connectivity index (χ2v) is 12.3. The van der Waals surface area contributed by atoms with Crippen LogP contribution in [0, 0.1) is 11.2 Å². The minimum absolute atomic E-state index is 0.00814. The van der Waals surface area contributed by atoms with E-state index in [-0.39, 0.29) is 39.6 Å². The number of hydrogen-bond acceptors (Lipinski definition) is 2. The highest BCUT2D eigenvalue weighted by Crippen LogP contribution is 2.41. The van der Waals surface area contributed by atoms with E-state index in [0.717, 1.165) is 18.2 Å². The molecule has 2 aromatic carbocycles. The Kier molecular flexibility index (Phi) is 6.70. The zero-order chi connectivity index (χ0) is 26.6. The average molecular weight is 533 g/mol. The van der Waals surface area contributed by atoms with E-state index in [2.05, 4.69) is 4.72 Å². The van der Waals surface area contributed by atoms with Gasteiger partial charge in [-0.3, -0.25) is 0 Å². The van der Waals surface area contributed by atoms with Gasteiger partial charge in [-0.25, -0.2) is 26.3 Å². The number of aromatic nitrogens is 1. The Balaban J connectivity index is 1.94. The first-order chi connectivity index (χ1) is 16.6. The normalized spacial score (nSPS) is 16.2. The van der Waals surface area contributed by atoms with Gasteiger partial charge in [-0.15, -0.1) is 0 Å². The summed E-state index contributed by atoms with van der Waals surface area (Å²) in [5.41, 5.74) is -2.03. The highest BCUT2D eigenvalue weighted by atomic mass is 32.2. The summed E-state index contributed by atoms with van der Waals surface area (Å²) in [7, 11) is -4.02. The average Bonchev–Trinajstić information content (AvgIpc) is 3.55. The largest absolute Gasteiger partial charge is 0.417 e. The van der Waals surface area contributed by atoms with Crippen LogP contribution < -0.4 is 4.72 Å². The van der Waals surface area contributed by atoms with Crippen LogP contribution in [0.3, 0.4) is 0 Å². The van der Waals surface area contributed by atoms with Crippen molar-refractivity contribution in [3.63, 3.8) is 0 Å². The predicted octanol–water partition coefficient (Wildman–Crippen LogP) is 6.90. The summed E-state index contributed by atoms with van der Waals surface area (Å²) in [5.74, 6) is -1.04. The van der Waals surface area contributed by atoms with Crippen molar-refractivity contribution >= 4 is 20.9 Å². The minimum Gasteiger partial charge on any atom is -0.347 e. The summed E-state index contributed by atoms with van der Waals surface area (Å²) in [6, 6.07) is 4.73. The van der Waals surface area contributed by atoms with Gasteiger partial charge in [0.1, 0.15) is 11.9 Å². The number of nitrogens with one attached hydrogen (secondary N) is 1. The molecule has 1 aliphatic carbocycles. The highest BCUT2D eigenvalue weighted by molar-refractivity contribution is 7.90. The lowest BCUT2D eigenvalue weighted by atomic mass is 9.95. The second-order valence-electron chi connectivity index (χ2n) is 10.3. The van der Waals surface area contributed by atoms with E-state index in [1.54, 1.807) is 4.57 Å². The van der Waals surface area contributed by atoms with Gasteiger partial charge in [-0.2, -0.15) is 13.2 Å². The molecule has 3 aromatic rings. The molecule has 0 saturated heterocycles. The molecule has 4 rings (SSSR count). The van der Waals surface area contributed by atoms with Crippen molar-refractivity contribution in [3.05, 3.63) is 59.5 Å². The Hall–Kier alpha value is -2.53. The summed E-state index contributed by atoms with van der Waals surface area (Å²) in [6.45, 7) is 5.90. The van der Waals surface area contributed by atoms with Crippen LogP contribution in [-0.4, -0.2) is 24.7 Å². The van der Waals surface area contributed by atoms with Crippen LogP contribution in [-0.2, 0) is 22.7 Å². The molecule has 1 aliphatic rings. The summed E-state index contributed by atoms with van der Waals surface area (Å²) in [6.07, 6.45) is -5.80. The van der Waals surface area contributed by atoms with Gasteiger partial charge >= 0.3 is 6.18 Å². The molecule has 1 heterocycles. The lowest BCUT2D eigenvalue weighted by Crippen LogP contribution is -2.35. The molecule has 1 unspecified atom stereocenters. The standard InChI is InChI=1S/C25H26F6N2O2S/c1-24(2,3)13-33-12-18(22(23(27)28)32-36(34,35)14-8-9-14)17-10-20(26)16(11-21(17)33)15-6-4-5-7-19(15)25(29,30)31/h4-7,10-12,14,22-23,32H,8-9,13H2,1-3H3. The van der Waals surface area contributed by atoms with E-state index < -0.39 is 45.3 Å². The Bertz CT molecular complexity index is 1390. The number of nitrogens with zero attached hydrogens (tertiary/aromatic N) is 1. The molecule has 1 atom stereocenters. The van der Waals surface area contributed by atoms with Gasteiger partial charge in [0.2, 0.25) is 10.0 Å². The molecule has 1 aromatic heterocycles. The molecular formula is C25H26F6N2O2S. The van der Waals surface area contributed by atoms with Crippen LogP contribution in [0.5, 0.6) is 0 Å². The van der Waals surface area contributed by atoms with E-state index in [1.165, 1.54) is 24.4 Å². The molecule has 196 valence electrons. The number of benzene rings is 2. The number of rotatable bonds is 7. The first-order valence-corrected chi connectivity index (χ1v) is 12.9. The summed E-state index contributed by atoms with van der Waals surface area (Å²) >= 11 is 0. The van der Waals surface area contributed by atoms with E-state index >= 15 is 4.39 Å². The van der Waals surface area contributed by atoms with E-state index in [9.17, 15) is 30.4 Å². The minimum atomic E-state index is -4.74. The predicted molar refractivity (Wildman–Crippen MR) is 126 cm³/mol. The summed E-state index contributed by atoms with van der Waals surface area (Å²) in [5, 5.41) is -0.738. The van der Waals surface area contributed by atoms with Crippen molar-refractivity contribution in [2.45, 2.75) is 64.1 Å². The number of fused-ring (bicyclic) bond motifs is 1. The smallest absolute Gasteiger partial charge is 0.347 e. The Morgan fingerprint density at radius 3 is 2.25 bits per heavy atom. The zero-order valence-corrected chi connectivity index (χ0v) is 20.7. The fourth-order valence-corrected chi connectivity index (χ4v) is 5.83. The number of alkyl halides is 5. The SMILES string of the molecule is CC(C)(C)Cn1cc(C(NS(=O)(=O)C2CC2)C(F)F)c2cc(F)c(-c3ccccc3C(F)(F)F)cc21. The second kappa shape index (κ2) is 9.09. The van der Waals surface area contributed by atoms with Crippen molar-refractivity contribution in [1.82, 2.24) is 9.29 Å². The maximum Gasteiger partial charge on any atom is 0.417 e. The Morgan fingerprint density at radius 2 is 1.69 bits per heavy atom. The monoisotopic (exact) mass is 532 g/mol. The number of sulfonamides is 1. The first-order valence-electron chi connectivity index (χ1n) is 11.4. The van der Waals surface area contributed by atoms with Crippen molar-refractivity contribution in [2.24, 2.45) is 5.41 Å². The molecule has 0 amide bonds. The molecule has 0 spiro atoms. The van der Waals surface area contributed by atoms with Crippen molar-refractivity contribution in [2.75, 3.05) is 0 Å². The lowest BCUT2D eigenvalue weighted by molar-refractivity contribution is -0.137. The van der Waals surface area contributed by atoms with E-state index in [0.29, 0.717) is 12.8 Å². The topological polar surface area (TPSA) is 51.1 Å². The fourth-order valence-electron chi connectivity index (χ4n) is 4.30. The lowest BCUT2D eigenvalue weighted by Gasteiger charge is -2.20. The van der Waals surface area contributed by atoms with Gasteiger partial charge in [-0.05, 0) is 42.0 Å². The molecule has 1 N–H and O–H groups in total.